The van der Waals surface area contributed by atoms with Crippen LogP contribution in [0.4, 0.5) is 9.18 Å². The summed E-state index contributed by atoms with van der Waals surface area (Å²) in [7, 11) is -2.66. The van der Waals surface area contributed by atoms with Gasteiger partial charge in [0, 0.05) is 31.4 Å². The zero-order chi connectivity index (χ0) is 37.9. The van der Waals surface area contributed by atoms with Crippen molar-refractivity contribution in [3.8, 4) is 0 Å². The van der Waals surface area contributed by atoms with Gasteiger partial charge in [-0.25, -0.2) is 17.6 Å². The van der Waals surface area contributed by atoms with E-state index in [4.69, 9.17) is 4.74 Å². The molecule has 3 aliphatic heterocycles. The Kier molecular flexibility index (Phi) is 11.6. The summed E-state index contributed by atoms with van der Waals surface area (Å²) in [5.74, 6) is -3.74. The van der Waals surface area contributed by atoms with E-state index in [1.807, 2.05) is 0 Å². The van der Waals surface area contributed by atoms with Crippen LogP contribution in [0.2, 0.25) is 0 Å². The first-order chi connectivity index (χ1) is 25.3. The Morgan fingerprint density at radius 1 is 1.00 bits per heavy atom. The summed E-state index contributed by atoms with van der Waals surface area (Å²) in [5, 5.41) is 4.96. The maximum Gasteiger partial charge on any atom is 0.410 e. The topological polar surface area (TPSA) is 198 Å². The van der Waals surface area contributed by atoms with Crippen molar-refractivity contribution in [2.75, 3.05) is 13.7 Å². The molecule has 53 heavy (non-hydrogen) atoms. The van der Waals surface area contributed by atoms with Crippen LogP contribution in [-0.4, -0.2) is 96.5 Å². The number of fused-ring (bicyclic) bond motifs is 3. The van der Waals surface area contributed by atoms with E-state index in [1.165, 1.54) is 23.0 Å². The van der Waals surface area contributed by atoms with Gasteiger partial charge in [0.05, 0.1) is 25.4 Å². The third-order valence-corrected chi connectivity index (χ3v) is 12.9. The van der Waals surface area contributed by atoms with Crippen molar-refractivity contribution >= 4 is 45.7 Å². The average Bonchev–Trinajstić information content (AvgIpc) is 4.00. The lowest BCUT2D eigenvalue weighted by Gasteiger charge is -2.30. The predicted molar refractivity (Wildman–Crippen MR) is 185 cm³/mol. The van der Waals surface area contributed by atoms with Crippen LogP contribution in [0, 0.1) is 11.7 Å². The van der Waals surface area contributed by atoms with E-state index in [9.17, 15) is 41.6 Å². The molecule has 5 atom stereocenters. The van der Waals surface area contributed by atoms with Crippen molar-refractivity contribution in [1.29, 1.82) is 0 Å². The minimum atomic E-state index is -3.91. The van der Waals surface area contributed by atoms with Gasteiger partial charge in [0.1, 0.15) is 29.5 Å². The van der Waals surface area contributed by atoms with Crippen molar-refractivity contribution in [1.82, 2.24) is 25.2 Å². The summed E-state index contributed by atoms with van der Waals surface area (Å²) in [4.78, 5) is 82.7. The normalized spacial score (nSPS) is 27.6. The van der Waals surface area contributed by atoms with Gasteiger partial charge in [-0.2, -0.15) is 0 Å². The van der Waals surface area contributed by atoms with E-state index in [-0.39, 0.29) is 64.1 Å². The average molecular weight is 762 g/mol. The first-order valence-corrected chi connectivity index (χ1v) is 20.1. The quantitative estimate of drug-likeness (QED) is 0.314. The number of methoxy groups -OCH3 is 1. The fraction of sp³-hybridized carbons (Fsp3) is 0.667. The van der Waals surface area contributed by atoms with Crippen LogP contribution in [0.25, 0.3) is 0 Å². The number of rotatable bonds is 9. The number of ether oxygens (including phenoxy) is 2. The molecule has 17 heteroatoms. The maximum absolute atomic E-state index is 14.4. The molecule has 3 heterocycles. The number of amides is 5. The molecule has 2 aliphatic carbocycles. The van der Waals surface area contributed by atoms with Gasteiger partial charge >= 0.3 is 12.1 Å². The fourth-order valence-electron chi connectivity index (χ4n) is 7.74. The number of carbonyl (C=O) groups is 6. The van der Waals surface area contributed by atoms with Gasteiger partial charge in [0.2, 0.25) is 27.7 Å². The maximum atomic E-state index is 14.4. The van der Waals surface area contributed by atoms with Gasteiger partial charge < -0.3 is 25.0 Å². The third-order valence-electron chi connectivity index (χ3n) is 11.0. The second-order valence-electron chi connectivity index (χ2n) is 14.9. The van der Waals surface area contributed by atoms with Crippen molar-refractivity contribution in [3.63, 3.8) is 0 Å². The zero-order valence-electron chi connectivity index (χ0n) is 29.9. The fourth-order valence-corrected chi connectivity index (χ4v) is 9.11. The lowest BCUT2D eigenvalue weighted by Crippen LogP contribution is -2.58. The van der Waals surface area contributed by atoms with Gasteiger partial charge in [-0.05, 0) is 56.1 Å². The second-order valence-corrected chi connectivity index (χ2v) is 16.9. The van der Waals surface area contributed by atoms with E-state index >= 15 is 0 Å². The van der Waals surface area contributed by atoms with Crippen molar-refractivity contribution < 1.29 is 51.0 Å². The molecule has 0 spiro atoms. The summed E-state index contributed by atoms with van der Waals surface area (Å²) >= 11 is 0. The molecular weight excluding hydrogens is 713 g/mol. The Morgan fingerprint density at radius 3 is 2.45 bits per heavy atom. The monoisotopic (exact) mass is 761 g/mol. The van der Waals surface area contributed by atoms with Crippen molar-refractivity contribution in [2.45, 2.75) is 132 Å². The highest BCUT2D eigenvalue weighted by Gasteiger charge is 2.62. The number of halogens is 1. The highest BCUT2D eigenvalue weighted by atomic mass is 32.2. The smallest absolute Gasteiger partial charge is 0.410 e. The highest BCUT2D eigenvalue weighted by molar-refractivity contribution is 7.91. The molecule has 290 valence electrons. The lowest BCUT2D eigenvalue weighted by molar-refractivity contribution is -0.143. The van der Waals surface area contributed by atoms with E-state index in [0.717, 1.165) is 25.7 Å². The Bertz CT molecular complexity index is 1740. The third kappa shape index (κ3) is 8.92. The molecule has 2 saturated carbocycles. The van der Waals surface area contributed by atoms with Crippen LogP contribution in [0.1, 0.15) is 101 Å². The van der Waals surface area contributed by atoms with E-state index in [1.54, 1.807) is 12.1 Å². The van der Waals surface area contributed by atoms with Gasteiger partial charge in [-0.15, -0.1) is 0 Å². The molecular formula is C36H48FN5O10S. The molecule has 1 aromatic rings. The molecule has 6 rings (SSSR count). The molecule has 2 saturated heterocycles. The molecule has 1 aromatic carbocycles. The highest BCUT2D eigenvalue weighted by Crippen LogP contribution is 2.48. The number of nitrogens with one attached hydrogen (secondary N) is 3. The molecule has 0 unspecified atom stereocenters. The minimum Gasteiger partial charge on any atom is -0.469 e. The van der Waals surface area contributed by atoms with Crippen molar-refractivity contribution in [2.24, 2.45) is 5.92 Å². The molecule has 4 fully saturated rings. The van der Waals surface area contributed by atoms with Gasteiger partial charge in [0.15, 0.2) is 0 Å². The van der Waals surface area contributed by atoms with Crippen LogP contribution in [-0.2, 0) is 56.6 Å². The summed E-state index contributed by atoms with van der Waals surface area (Å²) in [5.41, 5.74) is -0.456. The Morgan fingerprint density at radius 2 is 1.74 bits per heavy atom. The largest absolute Gasteiger partial charge is 0.469 e. The van der Waals surface area contributed by atoms with Gasteiger partial charge in [-0.1, -0.05) is 44.2 Å². The van der Waals surface area contributed by atoms with Crippen LogP contribution in [0.15, 0.2) is 18.2 Å². The Labute approximate surface area is 308 Å². The number of esters is 1. The van der Waals surface area contributed by atoms with E-state index in [2.05, 4.69) is 20.1 Å². The Balaban J connectivity index is 1.22. The summed E-state index contributed by atoms with van der Waals surface area (Å²) in [6.45, 7) is -0.0731. The molecule has 0 aromatic heterocycles. The Hall–Kier alpha value is -4.28. The standard InChI is InChI=1S/C36H48FN5O10S/c1-51-31(44)14-8-13-30(43)38-28-12-6-4-2-3-5-10-23-18-36(23,34(47)40-53(49,50)25-15-16-25)39-32(45)29-17-24(20-42(29)33(28)46)52-35(48)41-19-22-9-7-11-27(37)26(22)21-41/h7,9,11,23-25,28-29H,2-6,8,10,12-21H2,1H3,(H,38,43)(H,39,45)(H,40,47)/t23-,24-,28+,29+,36-/m1/s1. The molecule has 0 radical (unpaired) electrons. The summed E-state index contributed by atoms with van der Waals surface area (Å²) in [6.07, 6.45) is 4.15. The summed E-state index contributed by atoms with van der Waals surface area (Å²) < 4.78 is 52.6. The number of hydrogen-bond acceptors (Lipinski definition) is 10. The summed E-state index contributed by atoms with van der Waals surface area (Å²) in [6, 6.07) is 2.35. The van der Waals surface area contributed by atoms with Crippen LogP contribution in [0.5, 0.6) is 0 Å². The molecule has 0 bridgehead atoms. The SMILES string of the molecule is COC(=O)CCCC(=O)N[C@H]1CCCCCCC[C@@H]2C[C@@]2(C(=O)NS(=O)(=O)C2CC2)NC(=O)[C@@H]2C[C@@H](OC(=O)N3Cc4cccc(F)c4C3)CN2C1=O. The van der Waals surface area contributed by atoms with Gasteiger partial charge in [0.25, 0.3) is 5.91 Å². The van der Waals surface area contributed by atoms with E-state index in [0.29, 0.717) is 36.8 Å². The van der Waals surface area contributed by atoms with Crippen LogP contribution >= 0.6 is 0 Å². The van der Waals surface area contributed by atoms with Crippen LogP contribution < -0.4 is 15.4 Å². The van der Waals surface area contributed by atoms with Crippen molar-refractivity contribution in [3.05, 3.63) is 35.1 Å². The van der Waals surface area contributed by atoms with E-state index < -0.39 is 80.5 Å². The molecule has 15 nitrogen and oxygen atoms in total. The minimum absolute atomic E-state index is 0.00696. The lowest BCUT2D eigenvalue weighted by atomic mass is 10.0. The number of carbonyl (C=O) groups excluding carboxylic acids is 6. The first kappa shape index (κ1) is 38.4. The zero-order valence-corrected chi connectivity index (χ0v) is 30.7. The predicted octanol–water partition coefficient (Wildman–Crippen LogP) is 2.30. The van der Waals surface area contributed by atoms with Crippen LogP contribution in [0.3, 0.4) is 0 Å². The van der Waals surface area contributed by atoms with Gasteiger partial charge in [-0.3, -0.25) is 33.6 Å². The molecule has 3 N–H and O–H groups in total. The second kappa shape index (κ2) is 16.0. The first-order valence-electron chi connectivity index (χ1n) is 18.6. The molecule has 5 aliphatic rings. The molecule has 5 amide bonds. The number of sulfonamides is 1. The number of benzene rings is 1. The number of nitrogens with zero attached hydrogens (tertiary/aromatic N) is 2. The number of hydrogen-bond donors (Lipinski definition) is 3.